The maximum atomic E-state index is 13.2. The van der Waals surface area contributed by atoms with E-state index in [1.807, 2.05) is 26.8 Å². The third-order valence-electron chi connectivity index (χ3n) is 2.78. The Morgan fingerprint density at radius 3 is 2.78 bits per heavy atom. The fourth-order valence-corrected chi connectivity index (χ4v) is 1.74. The van der Waals surface area contributed by atoms with E-state index in [0.717, 1.165) is 22.8 Å². The summed E-state index contributed by atoms with van der Waals surface area (Å²) in [5, 5.41) is 3.25. The van der Waals surface area contributed by atoms with Crippen molar-refractivity contribution in [3.63, 3.8) is 0 Å². The first-order chi connectivity index (χ1) is 8.56. The highest BCUT2D eigenvalue weighted by Gasteiger charge is 2.09. The molecule has 0 saturated heterocycles. The second-order valence-corrected chi connectivity index (χ2v) is 4.37. The second kappa shape index (κ2) is 5.12. The molecule has 1 atom stereocenters. The number of hydrogen-bond acceptors (Lipinski definition) is 3. The molecule has 0 aliphatic carbocycles. The van der Waals surface area contributed by atoms with Crippen LogP contribution in [-0.4, -0.2) is 9.97 Å². The summed E-state index contributed by atoms with van der Waals surface area (Å²) in [6.07, 6.45) is 1.73. The van der Waals surface area contributed by atoms with Gasteiger partial charge in [-0.05, 0) is 38.5 Å². The van der Waals surface area contributed by atoms with Gasteiger partial charge < -0.3 is 5.32 Å². The highest BCUT2D eigenvalue weighted by molar-refractivity contribution is 5.42. The SMILES string of the molecule is Cc1cnc(C)c(NC(C)c2cccc(F)c2)n1. The molecule has 2 rings (SSSR count). The molecular formula is C14H16FN3. The van der Waals surface area contributed by atoms with E-state index in [1.165, 1.54) is 12.1 Å². The normalized spacial score (nSPS) is 12.2. The maximum absolute atomic E-state index is 13.2. The number of benzene rings is 1. The lowest BCUT2D eigenvalue weighted by Gasteiger charge is -2.16. The summed E-state index contributed by atoms with van der Waals surface area (Å²) in [6, 6.07) is 6.54. The van der Waals surface area contributed by atoms with Crippen LogP contribution in [0.15, 0.2) is 30.5 Å². The van der Waals surface area contributed by atoms with E-state index in [2.05, 4.69) is 15.3 Å². The van der Waals surface area contributed by atoms with Gasteiger partial charge in [-0.15, -0.1) is 0 Å². The molecule has 0 radical (unpaired) electrons. The van der Waals surface area contributed by atoms with E-state index in [4.69, 9.17) is 0 Å². The van der Waals surface area contributed by atoms with Gasteiger partial charge in [-0.25, -0.2) is 9.37 Å². The number of nitrogens with zero attached hydrogens (tertiary/aromatic N) is 2. The molecule has 1 unspecified atom stereocenters. The molecule has 3 nitrogen and oxygen atoms in total. The molecule has 0 spiro atoms. The Labute approximate surface area is 106 Å². The Morgan fingerprint density at radius 2 is 2.06 bits per heavy atom. The zero-order valence-corrected chi connectivity index (χ0v) is 10.7. The molecule has 2 aromatic rings. The molecule has 1 aromatic heterocycles. The van der Waals surface area contributed by atoms with Crippen molar-refractivity contribution in [2.24, 2.45) is 0 Å². The van der Waals surface area contributed by atoms with Crippen LogP contribution in [0.25, 0.3) is 0 Å². The number of halogens is 1. The lowest BCUT2D eigenvalue weighted by Crippen LogP contribution is -2.10. The van der Waals surface area contributed by atoms with Gasteiger partial charge in [0.05, 0.1) is 17.4 Å². The molecule has 0 fully saturated rings. The predicted octanol–water partition coefficient (Wildman–Crippen LogP) is 3.41. The van der Waals surface area contributed by atoms with Crippen molar-refractivity contribution >= 4 is 5.82 Å². The highest BCUT2D eigenvalue weighted by atomic mass is 19.1. The molecule has 0 bridgehead atoms. The molecule has 18 heavy (non-hydrogen) atoms. The summed E-state index contributed by atoms with van der Waals surface area (Å²) in [4.78, 5) is 8.64. The van der Waals surface area contributed by atoms with Crippen LogP contribution in [-0.2, 0) is 0 Å². The van der Waals surface area contributed by atoms with Gasteiger partial charge in [0.25, 0.3) is 0 Å². The van der Waals surface area contributed by atoms with Crippen LogP contribution in [0.1, 0.15) is 29.9 Å². The first-order valence-corrected chi connectivity index (χ1v) is 5.88. The van der Waals surface area contributed by atoms with E-state index < -0.39 is 0 Å². The minimum Gasteiger partial charge on any atom is -0.362 e. The molecule has 0 aliphatic rings. The van der Waals surface area contributed by atoms with E-state index in [1.54, 1.807) is 12.3 Å². The van der Waals surface area contributed by atoms with Gasteiger partial charge in [-0.3, -0.25) is 4.98 Å². The van der Waals surface area contributed by atoms with E-state index in [-0.39, 0.29) is 11.9 Å². The van der Waals surface area contributed by atoms with Crippen LogP contribution in [0, 0.1) is 19.7 Å². The Kier molecular flexibility index (Phi) is 3.55. The Balaban J connectivity index is 2.21. The van der Waals surface area contributed by atoms with E-state index in [9.17, 15) is 4.39 Å². The fraction of sp³-hybridized carbons (Fsp3) is 0.286. The summed E-state index contributed by atoms with van der Waals surface area (Å²) < 4.78 is 13.2. The summed E-state index contributed by atoms with van der Waals surface area (Å²) in [5.41, 5.74) is 2.58. The third kappa shape index (κ3) is 2.83. The first kappa shape index (κ1) is 12.5. The lowest BCUT2D eigenvalue weighted by molar-refractivity contribution is 0.623. The van der Waals surface area contributed by atoms with Gasteiger partial charge in [0.1, 0.15) is 11.6 Å². The van der Waals surface area contributed by atoms with Gasteiger partial charge in [0.15, 0.2) is 0 Å². The number of hydrogen-bond donors (Lipinski definition) is 1. The Hall–Kier alpha value is -1.97. The van der Waals surface area contributed by atoms with Crippen LogP contribution in [0.4, 0.5) is 10.2 Å². The average molecular weight is 245 g/mol. The second-order valence-electron chi connectivity index (χ2n) is 4.37. The molecule has 1 heterocycles. The van der Waals surface area contributed by atoms with E-state index >= 15 is 0 Å². The maximum Gasteiger partial charge on any atom is 0.148 e. The minimum absolute atomic E-state index is 0.0181. The number of anilines is 1. The average Bonchev–Trinajstić information content (AvgIpc) is 2.34. The monoisotopic (exact) mass is 245 g/mol. The first-order valence-electron chi connectivity index (χ1n) is 5.88. The van der Waals surface area contributed by atoms with Gasteiger partial charge in [0.2, 0.25) is 0 Å². The quantitative estimate of drug-likeness (QED) is 0.900. The topological polar surface area (TPSA) is 37.8 Å². The van der Waals surface area contributed by atoms with Gasteiger partial charge in [-0.2, -0.15) is 0 Å². The van der Waals surface area contributed by atoms with Crippen LogP contribution < -0.4 is 5.32 Å². The molecule has 0 aliphatic heterocycles. The number of rotatable bonds is 3. The number of aromatic nitrogens is 2. The summed E-state index contributed by atoms with van der Waals surface area (Å²) in [6.45, 7) is 5.76. The Bertz CT molecular complexity index is 554. The Morgan fingerprint density at radius 1 is 1.28 bits per heavy atom. The predicted molar refractivity (Wildman–Crippen MR) is 69.9 cm³/mol. The molecule has 0 amide bonds. The summed E-state index contributed by atoms with van der Waals surface area (Å²) >= 11 is 0. The van der Waals surface area contributed by atoms with Gasteiger partial charge in [0, 0.05) is 6.20 Å². The van der Waals surface area contributed by atoms with Gasteiger partial charge >= 0.3 is 0 Å². The van der Waals surface area contributed by atoms with Crippen LogP contribution in [0.5, 0.6) is 0 Å². The molecule has 1 aromatic carbocycles. The number of nitrogens with one attached hydrogen (secondary N) is 1. The largest absolute Gasteiger partial charge is 0.362 e. The molecule has 94 valence electrons. The van der Waals surface area contributed by atoms with Crippen molar-refractivity contribution in [3.8, 4) is 0 Å². The number of aryl methyl sites for hydroxylation is 2. The fourth-order valence-electron chi connectivity index (χ4n) is 1.74. The van der Waals surface area contributed by atoms with Crippen LogP contribution in [0.2, 0.25) is 0 Å². The summed E-state index contributed by atoms with van der Waals surface area (Å²) in [5.74, 6) is 0.514. The zero-order valence-electron chi connectivity index (χ0n) is 10.7. The molecular weight excluding hydrogens is 229 g/mol. The van der Waals surface area contributed by atoms with Crippen molar-refractivity contribution in [3.05, 3.63) is 53.2 Å². The van der Waals surface area contributed by atoms with E-state index in [0.29, 0.717) is 0 Å². The zero-order chi connectivity index (χ0) is 13.1. The van der Waals surface area contributed by atoms with Crippen molar-refractivity contribution < 1.29 is 4.39 Å². The van der Waals surface area contributed by atoms with Crippen LogP contribution >= 0.6 is 0 Å². The molecule has 1 N–H and O–H groups in total. The summed E-state index contributed by atoms with van der Waals surface area (Å²) in [7, 11) is 0. The van der Waals surface area contributed by atoms with Crippen LogP contribution in [0.3, 0.4) is 0 Å². The van der Waals surface area contributed by atoms with Crippen molar-refractivity contribution in [1.29, 1.82) is 0 Å². The van der Waals surface area contributed by atoms with Gasteiger partial charge in [-0.1, -0.05) is 12.1 Å². The standard InChI is InChI=1S/C14H16FN3/c1-9-8-16-11(3)14(17-9)18-10(2)12-5-4-6-13(15)7-12/h4-8,10H,1-3H3,(H,17,18). The van der Waals surface area contributed by atoms with Crippen molar-refractivity contribution in [2.75, 3.05) is 5.32 Å². The van der Waals surface area contributed by atoms with Crippen molar-refractivity contribution in [2.45, 2.75) is 26.8 Å². The molecule has 4 heteroatoms. The third-order valence-corrected chi connectivity index (χ3v) is 2.78. The molecule has 0 saturated carbocycles. The smallest absolute Gasteiger partial charge is 0.148 e. The minimum atomic E-state index is -0.229. The highest BCUT2D eigenvalue weighted by Crippen LogP contribution is 2.20. The van der Waals surface area contributed by atoms with Crippen molar-refractivity contribution in [1.82, 2.24) is 9.97 Å². The lowest BCUT2D eigenvalue weighted by atomic mass is 10.1.